The molecule has 2 N–H and O–H groups in total. The van der Waals surface area contributed by atoms with Crippen molar-refractivity contribution in [1.82, 2.24) is 10.6 Å². The smallest absolute Gasteiger partial charge is 0.251 e. The zero-order chi connectivity index (χ0) is 21.6. The van der Waals surface area contributed by atoms with Gasteiger partial charge in [-0.25, -0.2) is 8.42 Å². The molecule has 1 fully saturated rings. The van der Waals surface area contributed by atoms with Gasteiger partial charge in [0.1, 0.15) is 12.1 Å². The lowest BCUT2D eigenvalue weighted by Crippen LogP contribution is -2.46. The molecule has 1 aliphatic heterocycles. The van der Waals surface area contributed by atoms with Gasteiger partial charge in [-0.1, -0.05) is 36.4 Å². The van der Waals surface area contributed by atoms with E-state index < -0.39 is 22.0 Å². The van der Waals surface area contributed by atoms with E-state index in [-0.39, 0.29) is 10.8 Å². The molecule has 30 heavy (non-hydrogen) atoms. The quantitative estimate of drug-likeness (QED) is 0.726. The first-order chi connectivity index (χ1) is 14.4. The summed E-state index contributed by atoms with van der Waals surface area (Å²) in [5.74, 6) is -0.279. The normalized spacial score (nSPS) is 18.1. The standard InChI is InChI=1S/C22H25N3O4S/c1-30(27,28)20-9-7-18(8-10-20)17-5-3-16(4-6-17)13-19(14-23)25-22(26)21-15-24-11-2-12-29-21/h3-10,19,21,24H,2,11-13,15H2,1H3,(H,25,26)/t19?,21-/m0/s1. The molecule has 1 amide bonds. The molecule has 1 unspecified atom stereocenters. The third kappa shape index (κ3) is 5.89. The van der Waals surface area contributed by atoms with Crippen LogP contribution in [-0.4, -0.2) is 52.4 Å². The van der Waals surface area contributed by atoms with Crippen molar-refractivity contribution in [3.63, 3.8) is 0 Å². The van der Waals surface area contributed by atoms with Crippen molar-refractivity contribution in [3.8, 4) is 17.2 Å². The summed E-state index contributed by atoms with van der Waals surface area (Å²) in [4.78, 5) is 12.7. The third-order valence-electron chi connectivity index (χ3n) is 4.92. The molecule has 3 rings (SSSR count). The van der Waals surface area contributed by atoms with E-state index in [1.165, 1.54) is 6.26 Å². The fourth-order valence-electron chi connectivity index (χ4n) is 3.24. The molecule has 2 aromatic rings. The molecule has 7 nitrogen and oxygen atoms in total. The Kier molecular flexibility index (Phi) is 7.21. The van der Waals surface area contributed by atoms with Crippen LogP contribution in [0.2, 0.25) is 0 Å². The molecule has 8 heteroatoms. The van der Waals surface area contributed by atoms with Crippen LogP contribution in [0.3, 0.4) is 0 Å². The first-order valence-electron chi connectivity index (χ1n) is 9.78. The highest BCUT2D eigenvalue weighted by Crippen LogP contribution is 2.22. The van der Waals surface area contributed by atoms with Crippen LogP contribution in [0.5, 0.6) is 0 Å². The fourth-order valence-corrected chi connectivity index (χ4v) is 3.87. The number of ether oxygens (including phenoxy) is 1. The Bertz CT molecular complexity index is 1000. The average molecular weight is 428 g/mol. The molecule has 0 spiro atoms. The maximum Gasteiger partial charge on any atom is 0.251 e. The topological polar surface area (TPSA) is 108 Å². The number of rotatable bonds is 6. The molecule has 2 aromatic carbocycles. The highest BCUT2D eigenvalue weighted by molar-refractivity contribution is 7.90. The monoisotopic (exact) mass is 427 g/mol. The summed E-state index contributed by atoms with van der Waals surface area (Å²) in [6.45, 7) is 1.78. The maximum absolute atomic E-state index is 12.4. The molecule has 1 aliphatic rings. The van der Waals surface area contributed by atoms with Crippen LogP contribution in [0.1, 0.15) is 12.0 Å². The minimum absolute atomic E-state index is 0.279. The first-order valence-corrected chi connectivity index (χ1v) is 11.7. The van der Waals surface area contributed by atoms with E-state index in [2.05, 4.69) is 16.7 Å². The number of carbonyl (C=O) groups excluding carboxylic acids is 1. The lowest BCUT2D eigenvalue weighted by molar-refractivity contribution is -0.132. The highest BCUT2D eigenvalue weighted by Gasteiger charge is 2.23. The molecule has 0 radical (unpaired) electrons. The zero-order valence-electron chi connectivity index (χ0n) is 16.8. The fraction of sp³-hybridized carbons (Fsp3) is 0.364. The van der Waals surface area contributed by atoms with Gasteiger partial charge < -0.3 is 15.4 Å². The number of carbonyl (C=O) groups is 1. The zero-order valence-corrected chi connectivity index (χ0v) is 17.6. The SMILES string of the molecule is CS(=O)(=O)c1ccc(-c2ccc(CC(C#N)NC(=O)[C@@H]3CNCCCO3)cc2)cc1. The first kappa shape index (κ1) is 22.0. The van der Waals surface area contributed by atoms with Crippen molar-refractivity contribution in [2.75, 3.05) is 26.0 Å². The van der Waals surface area contributed by atoms with E-state index in [0.29, 0.717) is 19.6 Å². The Labute approximate surface area is 177 Å². The minimum atomic E-state index is -3.22. The molecule has 0 aromatic heterocycles. The Hall–Kier alpha value is -2.73. The predicted octanol–water partition coefficient (Wildman–Crippen LogP) is 1.69. The van der Waals surface area contributed by atoms with Gasteiger partial charge in [-0.2, -0.15) is 5.26 Å². The summed E-state index contributed by atoms with van der Waals surface area (Å²) in [5, 5.41) is 15.4. The average Bonchev–Trinajstić information content (AvgIpc) is 3.03. The Morgan fingerprint density at radius 3 is 2.43 bits per heavy atom. The maximum atomic E-state index is 12.4. The van der Waals surface area contributed by atoms with Gasteiger partial charge in [0.25, 0.3) is 5.91 Å². The van der Waals surface area contributed by atoms with Crippen LogP contribution < -0.4 is 10.6 Å². The van der Waals surface area contributed by atoms with Gasteiger partial charge in [-0.15, -0.1) is 0 Å². The van der Waals surface area contributed by atoms with E-state index in [0.717, 1.165) is 29.7 Å². The van der Waals surface area contributed by atoms with Crippen LogP contribution in [0.25, 0.3) is 11.1 Å². The van der Waals surface area contributed by atoms with Crippen molar-refractivity contribution in [2.24, 2.45) is 0 Å². The number of hydrogen-bond acceptors (Lipinski definition) is 6. The summed E-state index contributed by atoms with van der Waals surface area (Å²) in [7, 11) is -3.22. The van der Waals surface area contributed by atoms with E-state index >= 15 is 0 Å². The Balaban J connectivity index is 1.62. The van der Waals surface area contributed by atoms with Crippen molar-refractivity contribution in [2.45, 2.75) is 29.9 Å². The van der Waals surface area contributed by atoms with Gasteiger partial charge in [0.15, 0.2) is 9.84 Å². The van der Waals surface area contributed by atoms with E-state index in [9.17, 15) is 18.5 Å². The lowest BCUT2D eigenvalue weighted by Gasteiger charge is -2.18. The second-order valence-electron chi connectivity index (χ2n) is 7.30. The van der Waals surface area contributed by atoms with E-state index in [1.54, 1.807) is 24.3 Å². The Morgan fingerprint density at radius 1 is 1.20 bits per heavy atom. The number of amides is 1. The number of hydrogen-bond donors (Lipinski definition) is 2. The molecule has 1 heterocycles. The van der Waals surface area contributed by atoms with Crippen molar-refractivity contribution >= 4 is 15.7 Å². The second kappa shape index (κ2) is 9.85. The van der Waals surface area contributed by atoms with E-state index in [1.807, 2.05) is 24.3 Å². The molecular weight excluding hydrogens is 402 g/mol. The largest absolute Gasteiger partial charge is 0.367 e. The number of benzene rings is 2. The van der Waals surface area contributed by atoms with Crippen LogP contribution in [0, 0.1) is 11.3 Å². The summed E-state index contributed by atoms with van der Waals surface area (Å²) in [6, 6.07) is 15.8. The molecule has 2 atom stereocenters. The van der Waals surface area contributed by atoms with Crippen LogP contribution in [0.15, 0.2) is 53.4 Å². The Morgan fingerprint density at radius 2 is 1.83 bits per heavy atom. The van der Waals surface area contributed by atoms with Crippen molar-refractivity contribution in [1.29, 1.82) is 5.26 Å². The van der Waals surface area contributed by atoms with Crippen LogP contribution in [-0.2, 0) is 25.8 Å². The lowest BCUT2D eigenvalue weighted by atomic mass is 10.0. The number of sulfone groups is 1. The highest BCUT2D eigenvalue weighted by atomic mass is 32.2. The van der Waals surface area contributed by atoms with Gasteiger partial charge in [0.2, 0.25) is 0 Å². The van der Waals surface area contributed by atoms with Gasteiger partial charge in [0.05, 0.1) is 11.0 Å². The van der Waals surface area contributed by atoms with Crippen LogP contribution in [0.4, 0.5) is 0 Å². The number of nitrogens with one attached hydrogen (secondary N) is 2. The molecule has 0 aliphatic carbocycles. The van der Waals surface area contributed by atoms with Crippen molar-refractivity contribution < 1.29 is 17.9 Å². The summed E-state index contributed by atoms with van der Waals surface area (Å²) < 4.78 is 28.7. The van der Waals surface area contributed by atoms with Gasteiger partial charge in [0, 0.05) is 25.8 Å². The van der Waals surface area contributed by atoms with Gasteiger partial charge in [-0.05, 0) is 41.8 Å². The summed E-state index contributed by atoms with van der Waals surface area (Å²) in [5.41, 5.74) is 2.75. The summed E-state index contributed by atoms with van der Waals surface area (Å²) in [6.07, 6.45) is 1.84. The number of nitrogens with zero attached hydrogens (tertiary/aromatic N) is 1. The van der Waals surface area contributed by atoms with Gasteiger partial charge in [-0.3, -0.25) is 4.79 Å². The van der Waals surface area contributed by atoms with Crippen molar-refractivity contribution in [3.05, 3.63) is 54.1 Å². The summed E-state index contributed by atoms with van der Waals surface area (Å²) >= 11 is 0. The molecule has 158 valence electrons. The molecular formula is C22H25N3O4S. The second-order valence-corrected chi connectivity index (χ2v) is 9.32. The molecule has 0 bridgehead atoms. The van der Waals surface area contributed by atoms with E-state index in [4.69, 9.17) is 4.74 Å². The number of nitriles is 1. The van der Waals surface area contributed by atoms with Gasteiger partial charge >= 0.3 is 0 Å². The predicted molar refractivity (Wildman–Crippen MR) is 113 cm³/mol. The molecule has 0 saturated carbocycles. The van der Waals surface area contributed by atoms with Crippen LogP contribution >= 0.6 is 0 Å². The minimum Gasteiger partial charge on any atom is -0.367 e. The molecule has 1 saturated heterocycles. The third-order valence-corrected chi connectivity index (χ3v) is 6.05.